The van der Waals surface area contributed by atoms with Crippen LogP contribution < -0.4 is 20.7 Å². The van der Waals surface area contributed by atoms with Crippen molar-refractivity contribution in [2.45, 2.75) is 6.92 Å². The predicted molar refractivity (Wildman–Crippen MR) is 134 cm³/mol. The molecule has 0 aliphatic rings. The lowest BCUT2D eigenvalue weighted by atomic mass is 10.2. The Labute approximate surface area is 201 Å². The number of carbonyl (C=O) groups is 1. The molecule has 3 aromatic carbocycles. The topological polar surface area (TPSA) is 131 Å². The van der Waals surface area contributed by atoms with Gasteiger partial charge in [-0.05, 0) is 61.5 Å². The van der Waals surface area contributed by atoms with E-state index in [-0.39, 0.29) is 11.3 Å². The molecule has 35 heavy (non-hydrogen) atoms. The molecule has 0 radical (unpaired) electrons. The summed E-state index contributed by atoms with van der Waals surface area (Å²) in [6.45, 7) is 1.87. The fourth-order valence-electron chi connectivity index (χ4n) is 3.24. The van der Waals surface area contributed by atoms with Gasteiger partial charge < -0.3 is 20.7 Å². The second-order valence-corrected chi connectivity index (χ2v) is 7.54. The van der Waals surface area contributed by atoms with Crippen LogP contribution in [0.1, 0.15) is 16.1 Å². The van der Waals surface area contributed by atoms with E-state index < -0.39 is 10.8 Å². The third-order valence-corrected chi connectivity index (χ3v) is 4.93. The molecule has 1 heterocycles. The van der Waals surface area contributed by atoms with Gasteiger partial charge in [-0.2, -0.15) is 4.98 Å². The molecular formula is C25H22N6O4. The Kier molecular flexibility index (Phi) is 6.82. The van der Waals surface area contributed by atoms with E-state index in [9.17, 15) is 14.9 Å². The van der Waals surface area contributed by atoms with Crippen LogP contribution in [0.4, 0.5) is 34.5 Å². The van der Waals surface area contributed by atoms with E-state index in [0.717, 1.165) is 22.8 Å². The van der Waals surface area contributed by atoms with Crippen molar-refractivity contribution in [1.29, 1.82) is 0 Å². The molecule has 0 saturated carbocycles. The molecule has 4 aromatic rings. The summed E-state index contributed by atoms with van der Waals surface area (Å²) in [4.78, 5) is 31.8. The molecular weight excluding hydrogens is 448 g/mol. The monoisotopic (exact) mass is 470 g/mol. The lowest BCUT2D eigenvalue weighted by molar-refractivity contribution is -0.384. The largest absolute Gasteiger partial charge is 0.497 e. The van der Waals surface area contributed by atoms with Crippen LogP contribution in [0.25, 0.3) is 0 Å². The quantitative estimate of drug-likeness (QED) is 0.229. The molecule has 0 saturated heterocycles. The third kappa shape index (κ3) is 6.08. The maximum atomic E-state index is 12.4. The first-order valence-electron chi connectivity index (χ1n) is 10.6. The number of nitrogens with one attached hydrogen (secondary N) is 3. The smallest absolute Gasteiger partial charge is 0.270 e. The number of carbonyl (C=O) groups excluding carboxylic acids is 1. The maximum absolute atomic E-state index is 12.4. The van der Waals surface area contributed by atoms with E-state index in [1.54, 1.807) is 31.4 Å². The van der Waals surface area contributed by atoms with Crippen molar-refractivity contribution in [3.63, 3.8) is 0 Å². The van der Waals surface area contributed by atoms with Crippen LogP contribution in [0.3, 0.4) is 0 Å². The number of anilines is 5. The lowest BCUT2D eigenvalue weighted by Crippen LogP contribution is -2.12. The zero-order valence-corrected chi connectivity index (χ0v) is 19.0. The number of ether oxygens (including phenoxy) is 1. The van der Waals surface area contributed by atoms with E-state index in [2.05, 4.69) is 25.9 Å². The third-order valence-electron chi connectivity index (χ3n) is 4.93. The minimum atomic E-state index is -0.539. The van der Waals surface area contributed by atoms with Gasteiger partial charge in [-0.1, -0.05) is 6.07 Å². The first kappa shape index (κ1) is 23.2. The molecule has 0 atom stereocenters. The Morgan fingerprint density at radius 1 is 0.886 bits per heavy atom. The normalized spacial score (nSPS) is 10.3. The Morgan fingerprint density at radius 3 is 2.23 bits per heavy atom. The molecule has 1 aromatic heterocycles. The number of benzene rings is 3. The van der Waals surface area contributed by atoms with Crippen molar-refractivity contribution >= 4 is 40.4 Å². The fourth-order valence-corrected chi connectivity index (χ4v) is 3.24. The molecule has 0 bridgehead atoms. The minimum Gasteiger partial charge on any atom is -0.497 e. The van der Waals surface area contributed by atoms with Crippen molar-refractivity contribution < 1.29 is 14.5 Å². The number of hydrogen-bond acceptors (Lipinski definition) is 8. The van der Waals surface area contributed by atoms with Gasteiger partial charge >= 0.3 is 0 Å². The molecule has 1 amide bonds. The number of aryl methyl sites for hydroxylation is 1. The molecule has 0 aliphatic carbocycles. The number of amides is 1. The Morgan fingerprint density at radius 2 is 1.54 bits per heavy atom. The minimum absolute atomic E-state index is 0.142. The van der Waals surface area contributed by atoms with Crippen molar-refractivity contribution in [3.05, 3.63) is 100 Å². The number of nitrogens with zero attached hydrogens (tertiary/aromatic N) is 3. The van der Waals surface area contributed by atoms with Gasteiger partial charge in [0.2, 0.25) is 5.95 Å². The molecule has 0 spiro atoms. The summed E-state index contributed by atoms with van der Waals surface area (Å²) in [6.07, 6.45) is 0. The van der Waals surface area contributed by atoms with Crippen LogP contribution in [-0.4, -0.2) is 27.9 Å². The Hall–Kier alpha value is -4.99. The van der Waals surface area contributed by atoms with Gasteiger partial charge in [0.1, 0.15) is 11.6 Å². The summed E-state index contributed by atoms with van der Waals surface area (Å²) >= 11 is 0. The van der Waals surface area contributed by atoms with Crippen LogP contribution in [0.2, 0.25) is 0 Å². The highest BCUT2D eigenvalue weighted by Crippen LogP contribution is 2.22. The van der Waals surface area contributed by atoms with E-state index >= 15 is 0 Å². The number of hydrogen-bond donors (Lipinski definition) is 3. The molecule has 0 unspecified atom stereocenters. The van der Waals surface area contributed by atoms with E-state index in [1.807, 2.05) is 37.3 Å². The van der Waals surface area contributed by atoms with Crippen LogP contribution in [0.5, 0.6) is 5.75 Å². The first-order valence-corrected chi connectivity index (χ1v) is 10.6. The fraction of sp³-hybridized carbons (Fsp3) is 0.0800. The number of nitro benzene ring substituents is 1. The average molecular weight is 470 g/mol. The highest BCUT2D eigenvalue weighted by molar-refractivity contribution is 6.04. The number of methoxy groups -OCH3 is 1. The van der Waals surface area contributed by atoms with E-state index in [1.165, 1.54) is 24.3 Å². The molecule has 10 nitrogen and oxygen atoms in total. The summed E-state index contributed by atoms with van der Waals surface area (Å²) in [7, 11) is 1.62. The van der Waals surface area contributed by atoms with Gasteiger partial charge in [-0.15, -0.1) is 0 Å². The summed E-state index contributed by atoms with van der Waals surface area (Å²) in [6, 6.07) is 21.9. The lowest BCUT2D eigenvalue weighted by Gasteiger charge is -2.11. The number of rotatable bonds is 8. The standard InChI is InChI=1S/C25H22N6O4/c1-16-14-23(27-18-10-12-22(35-2)13-11-18)30-25(26-16)29-20-8-6-19(7-9-20)28-24(32)17-4-3-5-21(15-17)31(33)34/h3-15H,1-2H3,(H,28,32)(H2,26,27,29,30). The Balaban J connectivity index is 1.42. The molecule has 4 rings (SSSR count). The predicted octanol–water partition coefficient (Wildman–Crippen LogP) is 5.44. The van der Waals surface area contributed by atoms with Crippen molar-refractivity contribution in [2.24, 2.45) is 0 Å². The van der Waals surface area contributed by atoms with Gasteiger partial charge in [-0.3, -0.25) is 14.9 Å². The first-order chi connectivity index (χ1) is 16.9. The summed E-state index contributed by atoms with van der Waals surface area (Å²) in [5.41, 5.74) is 2.96. The van der Waals surface area contributed by atoms with Crippen LogP contribution in [-0.2, 0) is 0 Å². The summed E-state index contributed by atoms with van der Waals surface area (Å²) in [5, 5.41) is 20.1. The number of nitro groups is 1. The van der Waals surface area contributed by atoms with Gasteiger partial charge in [0.25, 0.3) is 11.6 Å². The number of aromatic nitrogens is 2. The van der Waals surface area contributed by atoms with Crippen LogP contribution in [0, 0.1) is 17.0 Å². The second kappa shape index (κ2) is 10.3. The zero-order valence-electron chi connectivity index (χ0n) is 19.0. The molecule has 0 fully saturated rings. The van der Waals surface area contributed by atoms with Crippen LogP contribution in [0.15, 0.2) is 78.9 Å². The van der Waals surface area contributed by atoms with Gasteiger partial charge in [-0.25, -0.2) is 4.98 Å². The average Bonchev–Trinajstić information content (AvgIpc) is 2.85. The van der Waals surface area contributed by atoms with E-state index in [0.29, 0.717) is 17.5 Å². The molecule has 176 valence electrons. The highest BCUT2D eigenvalue weighted by Gasteiger charge is 2.12. The SMILES string of the molecule is COc1ccc(Nc2cc(C)nc(Nc3ccc(NC(=O)c4cccc([N+](=O)[O-])c4)cc3)n2)cc1. The van der Waals surface area contributed by atoms with Crippen molar-refractivity contribution in [1.82, 2.24) is 9.97 Å². The summed E-state index contributed by atoms with van der Waals surface area (Å²) in [5.74, 6) is 1.37. The van der Waals surface area contributed by atoms with E-state index in [4.69, 9.17) is 4.74 Å². The zero-order chi connectivity index (χ0) is 24.8. The van der Waals surface area contributed by atoms with Gasteiger partial charge in [0.05, 0.1) is 12.0 Å². The highest BCUT2D eigenvalue weighted by atomic mass is 16.6. The van der Waals surface area contributed by atoms with Gasteiger partial charge in [0, 0.05) is 46.5 Å². The second-order valence-electron chi connectivity index (χ2n) is 7.54. The number of non-ortho nitro benzene ring substituents is 1. The molecule has 0 aliphatic heterocycles. The van der Waals surface area contributed by atoms with Gasteiger partial charge in [0.15, 0.2) is 0 Å². The molecule has 10 heteroatoms. The van der Waals surface area contributed by atoms with Crippen LogP contribution >= 0.6 is 0 Å². The Bertz CT molecular complexity index is 1360. The van der Waals surface area contributed by atoms with Crippen molar-refractivity contribution in [3.8, 4) is 5.75 Å². The maximum Gasteiger partial charge on any atom is 0.270 e. The molecule has 3 N–H and O–H groups in total. The summed E-state index contributed by atoms with van der Waals surface area (Å²) < 4.78 is 5.18. The van der Waals surface area contributed by atoms with Crippen molar-refractivity contribution in [2.75, 3.05) is 23.1 Å².